The highest BCUT2D eigenvalue weighted by atomic mass is 127. The molecule has 1 fully saturated rings. The van der Waals surface area contributed by atoms with Crippen molar-refractivity contribution >= 4 is 45.5 Å². The van der Waals surface area contributed by atoms with Gasteiger partial charge in [0.05, 0.1) is 11.3 Å². The second-order valence-corrected chi connectivity index (χ2v) is 8.84. The second kappa shape index (κ2) is 6.96. The van der Waals surface area contributed by atoms with Crippen molar-refractivity contribution in [2.75, 3.05) is 18.1 Å². The van der Waals surface area contributed by atoms with Gasteiger partial charge < -0.3 is 11.1 Å². The molecule has 1 saturated carbocycles. The molecule has 5 nitrogen and oxygen atoms in total. The first kappa shape index (κ1) is 18.5. The molecule has 0 amide bonds. The summed E-state index contributed by atoms with van der Waals surface area (Å²) < 4.78 is 22.8. The van der Waals surface area contributed by atoms with Gasteiger partial charge in [-0.1, -0.05) is 12.1 Å². The zero-order valence-electron chi connectivity index (χ0n) is 13.3. The third-order valence-corrected chi connectivity index (χ3v) is 6.90. The number of rotatable bonds is 4. The first-order chi connectivity index (χ1) is 10.4. The molecule has 128 valence electrons. The monoisotopic (exact) mass is 449 g/mol. The van der Waals surface area contributed by atoms with Gasteiger partial charge >= 0.3 is 0 Å². The molecule has 0 saturated heterocycles. The minimum atomic E-state index is -3.06. The van der Waals surface area contributed by atoms with Crippen LogP contribution < -0.4 is 11.1 Å². The van der Waals surface area contributed by atoms with Gasteiger partial charge in [-0.25, -0.2) is 8.42 Å². The second-order valence-electron chi connectivity index (χ2n) is 6.43. The van der Waals surface area contributed by atoms with Crippen LogP contribution in [0, 0.1) is 0 Å². The summed E-state index contributed by atoms with van der Waals surface area (Å²) in [6, 6.07) is 6.20. The largest absolute Gasteiger partial charge is 0.370 e. The summed E-state index contributed by atoms with van der Waals surface area (Å²) in [7, 11) is -3.06. The summed E-state index contributed by atoms with van der Waals surface area (Å²) in [4.78, 5) is 4.27. The van der Waals surface area contributed by atoms with Crippen molar-refractivity contribution in [3.8, 4) is 0 Å². The van der Waals surface area contributed by atoms with Crippen molar-refractivity contribution < 1.29 is 8.42 Å². The number of hydrogen-bond donors (Lipinski definition) is 2. The van der Waals surface area contributed by atoms with Gasteiger partial charge in [0, 0.05) is 11.9 Å². The van der Waals surface area contributed by atoms with Crippen molar-refractivity contribution in [1.82, 2.24) is 0 Å². The molecule has 0 atom stereocenters. The molecule has 3 rings (SSSR count). The van der Waals surface area contributed by atoms with Crippen LogP contribution in [0.4, 0.5) is 5.69 Å². The predicted molar refractivity (Wildman–Crippen MR) is 105 cm³/mol. The summed E-state index contributed by atoms with van der Waals surface area (Å²) in [5, 5.41) is 3.15. The van der Waals surface area contributed by atoms with E-state index in [1.165, 1.54) is 30.2 Å². The lowest BCUT2D eigenvalue weighted by atomic mass is 9.90. The van der Waals surface area contributed by atoms with Crippen LogP contribution in [-0.4, -0.2) is 31.9 Å². The Bertz CT molecular complexity index is 712. The minimum absolute atomic E-state index is 0. The van der Waals surface area contributed by atoms with Gasteiger partial charge in [0.15, 0.2) is 15.8 Å². The molecule has 0 unspecified atom stereocenters. The van der Waals surface area contributed by atoms with Gasteiger partial charge in [-0.05, 0) is 55.7 Å². The molecular formula is C16H24IN3O2S. The third kappa shape index (κ3) is 3.99. The summed E-state index contributed by atoms with van der Waals surface area (Å²) in [5.41, 5.74) is 9.65. The Morgan fingerprint density at radius 1 is 1.30 bits per heavy atom. The Kier molecular flexibility index (Phi) is 5.60. The van der Waals surface area contributed by atoms with Crippen molar-refractivity contribution in [3.63, 3.8) is 0 Å². The molecule has 0 aliphatic heterocycles. The SMILES string of the molecule is CS(=O)(=O)C1(CN=C(N)Nc2cccc3c2CCCC3)CC1.I. The van der Waals surface area contributed by atoms with Gasteiger partial charge in [-0.15, -0.1) is 24.0 Å². The van der Waals surface area contributed by atoms with Gasteiger partial charge in [0.2, 0.25) is 0 Å². The van der Waals surface area contributed by atoms with Crippen LogP contribution in [0.5, 0.6) is 0 Å². The number of anilines is 1. The lowest BCUT2D eigenvalue weighted by Crippen LogP contribution is -2.29. The highest BCUT2D eigenvalue weighted by Gasteiger charge is 2.51. The number of nitrogens with zero attached hydrogens (tertiary/aromatic N) is 1. The number of guanidine groups is 1. The van der Waals surface area contributed by atoms with Gasteiger partial charge in [-0.2, -0.15) is 0 Å². The molecule has 0 spiro atoms. The fraction of sp³-hybridized carbons (Fsp3) is 0.562. The molecule has 0 bridgehead atoms. The average molecular weight is 449 g/mol. The van der Waals surface area contributed by atoms with Crippen molar-refractivity contribution in [3.05, 3.63) is 29.3 Å². The normalized spacial score (nSPS) is 19.4. The predicted octanol–water partition coefficient (Wildman–Crippen LogP) is 2.49. The van der Waals surface area contributed by atoms with E-state index in [2.05, 4.69) is 16.4 Å². The van der Waals surface area contributed by atoms with Crippen LogP contribution in [0.3, 0.4) is 0 Å². The molecule has 0 heterocycles. The van der Waals surface area contributed by atoms with Crippen LogP contribution in [0.15, 0.2) is 23.2 Å². The van der Waals surface area contributed by atoms with E-state index in [4.69, 9.17) is 5.73 Å². The quantitative estimate of drug-likeness (QED) is 0.420. The van der Waals surface area contributed by atoms with Crippen molar-refractivity contribution in [2.45, 2.75) is 43.3 Å². The Morgan fingerprint density at radius 3 is 2.65 bits per heavy atom. The van der Waals surface area contributed by atoms with Crippen LogP contribution in [0.2, 0.25) is 0 Å². The van der Waals surface area contributed by atoms with Crippen LogP contribution in [0.1, 0.15) is 36.8 Å². The summed E-state index contributed by atoms with van der Waals surface area (Å²) in [6.45, 7) is 0.250. The molecule has 1 aromatic carbocycles. The average Bonchev–Trinajstić information content (AvgIpc) is 3.26. The molecule has 0 aromatic heterocycles. The van der Waals surface area contributed by atoms with E-state index < -0.39 is 14.6 Å². The number of nitrogens with one attached hydrogen (secondary N) is 1. The van der Waals surface area contributed by atoms with E-state index in [1.54, 1.807) is 0 Å². The van der Waals surface area contributed by atoms with Crippen molar-refractivity contribution in [1.29, 1.82) is 0 Å². The number of halogens is 1. The van der Waals surface area contributed by atoms with Crippen molar-refractivity contribution in [2.24, 2.45) is 10.7 Å². The number of aryl methyl sites for hydroxylation is 1. The Hall–Kier alpha value is -0.830. The zero-order valence-corrected chi connectivity index (χ0v) is 16.5. The summed E-state index contributed by atoms with van der Waals surface area (Å²) in [6.07, 6.45) is 7.24. The molecule has 2 aliphatic carbocycles. The minimum Gasteiger partial charge on any atom is -0.370 e. The number of nitrogens with two attached hydrogens (primary N) is 1. The molecule has 0 radical (unpaired) electrons. The van der Waals surface area contributed by atoms with E-state index in [1.807, 2.05) is 12.1 Å². The van der Waals surface area contributed by atoms with Crippen LogP contribution in [0.25, 0.3) is 0 Å². The fourth-order valence-electron chi connectivity index (χ4n) is 3.09. The number of aliphatic imine (C=N–C) groups is 1. The van der Waals surface area contributed by atoms with E-state index in [0.717, 1.165) is 18.5 Å². The molecule has 7 heteroatoms. The maximum atomic E-state index is 11.7. The van der Waals surface area contributed by atoms with Gasteiger partial charge in [0.25, 0.3) is 0 Å². The summed E-state index contributed by atoms with van der Waals surface area (Å²) in [5.74, 6) is 0.300. The molecule has 2 aliphatic rings. The van der Waals surface area contributed by atoms with Crippen LogP contribution >= 0.6 is 24.0 Å². The summed E-state index contributed by atoms with van der Waals surface area (Å²) >= 11 is 0. The molecular weight excluding hydrogens is 425 g/mol. The zero-order chi connectivity index (χ0) is 15.8. The Labute approximate surface area is 155 Å². The van der Waals surface area contributed by atoms with Crippen LogP contribution in [-0.2, 0) is 22.7 Å². The highest BCUT2D eigenvalue weighted by Crippen LogP contribution is 2.43. The number of sulfone groups is 1. The first-order valence-corrected chi connectivity index (χ1v) is 9.68. The number of fused-ring (bicyclic) bond motifs is 1. The maximum absolute atomic E-state index is 11.7. The Balaban J connectivity index is 0.00000192. The van der Waals surface area contributed by atoms with E-state index in [0.29, 0.717) is 18.8 Å². The van der Waals surface area contributed by atoms with Gasteiger partial charge in [0.1, 0.15) is 0 Å². The fourth-order valence-corrected chi connectivity index (χ4v) is 4.23. The van der Waals surface area contributed by atoms with E-state index in [-0.39, 0.29) is 30.5 Å². The maximum Gasteiger partial charge on any atom is 0.193 e. The topological polar surface area (TPSA) is 84.5 Å². The van der Waals surface area contributed by atoms with E-state index in [9.17, 15) is 8.42 Å². The number of benzene rings is 1. The smallest absolute Gasteiger partial charge is 0.193 e. The van der Waals surface area contributed by atoms with E-state index >= 15 is 0 Å². The lowest BCUT2D eigenvalue weighted by molar-refractivity contribution is 0.583. The lowest BCUT2D eigenvalue weighted by Gasteiger charge is -2.20. The first-order valence-electron chi connectivity index (χ1n) is 7.79. The molecule has 23 heavy (non-hydrogen) atoms. The molecule has 1 aromatic rings. The highest BCUT2D eigenvalue weighted by molar-refractivity contribution is 14.0. The van der Waals surface area contributed by atoms with Gasteiger partial charge in [-0.3, -0.25) is 4.99 Å². The number of hydrogen-bond acceptors (Lipinski definition) is 3. The molecule has 3 N–H and O–H groups in total. The Morgan fingerprint density at radius 2 is 2.00 bits per heavy atom. The third-order valence-electron chi connectivity index (χ3n) is 4.79. The standard InChI is InChI=1S/C16H23N3O2S.HI/c1-22(20,21)16(9-10-16)11-18-15(17)19-14-8-4-6-12-5-2-3-7-13(12)14;/h4,6,8H,2-3,5,7,9-11H2,1H3,(H3,17,18,19);1H.